The van der Waals surface area contributed by atoms with Crippen LogP contribution in [0.1, 0.15) is 56.4 Å². The third-order valence-corrected chi connectivity index (χ3v) is 7.22. The Kier molecular flexibility index (Phi) is 5.79. The fourth-order valence-electron chi connectivity index (χ4n) is 4.03. The molecular formula is C18H28N4O3S. The molecule has 0 spiro atoms. The molecule has 2 saturated heterocycles. The Morgan fingerprint density at radius 1 is 1.31 bits per heavy atom. The van der Waals surface area contributed by atoms with E-state index < -0.39 is 9.84 Å². The fraction of sp³-hybridized carbons (Fsp3) is 0.722. The quantitative estimate of drug-likeness (QED) is 0.776. The van der Waals surface area contributed by atoms with Crippen LogP contribution in [0.2, 0.25) is 0 Å². The van der Waals surface area contributed by atoms with Crippen LogP contribution in [0.15, 0.2) is 12.3 Å². The topological polar surface area (TPSA) is 83.5 Å². The number of carbonyl (C=O) groups is 1. The average molecular weight is 381 g/mol. The summed E-state index contributed by atoms with van der Waals surface area (Å²) in [7, 11) is -2.99. The Morgan fingerprint density at radius 3 is 2.77 bits per heavy atom. The molecule has 0 aliphatic carbocycles. The number of hydrogen-bond acceptors (Lipinski definition) is 6. The van der Waals surface area contributed by atoms with Crippen molar-refractivity contribution in [1.82, 2.24) is 14.9 Å². The molecule has 2 fully saturated rings. The average Bonchev–Trinajstić information content (AvgIpc) is 3.01. The summed E-state index contributed by atoms with van der Waals surface area (Å²) < 4.78 is 23.6. The second-order valence-electron chi connectivity index (χ2n) is 7.14. The minimum Gasteiger partial charge on any atom is -0.337 e. The van der Waals surface area contributed by atoms with Gasteiger partial charge < -0.3 is 9.80 Å². The Balaban J connectivity index is 1.81. The lowest BCUT2D eigenvalue weighted by Gasteiger charge is -2.35. The van der Waals surface area contributed by atoms with Gasteiger partial charge in [-0.1, -0.05) is 6.92 Å². The number of aromatic nitrogens is 2. The molecule has 3 rings (SSSR count). The van der Waals surface area contributed by atoms with Crippen LogP contribution in [-0.4, -0.2) is 65.9 Å². The van der Waals surface area contributed by atoms with Crippen molar-refractivity contribution in [3.8, 4) is 0 Å². The molecule has 1 amide bonds. The smallest absolute Gasteiger partial charge is 0.272 e. The zero-order chi connectivity index (χ0) is 18.7. The summed E-state index contributed by atoms with van der Waals surface area (Å²) >= 11 is 0. The second-order valence-corrected chi connectivity index (χ2v) is 9.37. The van der Waals surface area contributed by atoms with Crippen LogP contribution < -0.4 is 4.90 Å². The minimum atomic E-state index is -2.99. The van der Waals surface area contributed by atoms with E-state index in [1.165, 1.54) is 0 Å². The monoisotopic (exact) mass is 380 g/mol. The Labute approximate surface area is 155 Å². The molecule has 0 radical (unpaired) electrons. The number of likely N-dealkylation sites (tertiary alicyclic amines) is 1. The molecule has 3 heterocycles. The molecule has 0 aromatic carbocycles. The zero-order valence-electron chi connectivity index (χ0n) is 15.6. The number of piperidine rings is 1. The van der Waals surface area contributed by atoms with Gasteiger partial charge in [-0.2, -0.15) is 0 Å². The van der Waals surface area contributed by atoms with E-state index in [1.807, 2.05) is 16.7 Å². The van der Waals surface area contributed by atoms with Crippen molar-refractivity contribution in [2.24, 2.45) is 0 Å². The van der Waals surface area contributed by atoms with E-state index in [0.717, 1.165) is 32.2 Å². The van der Waals surface area contributed by atoms with Gasteiger partial charge in [0.1, 0.15) is 5.69 Å². The third-order valence-electron chi connectivity index (χ3n) is 5.47. The first-order valence-corrected chi connectivity index (χ1v) is 11.4. The van der Waals surface area contributed by atoms with E-state index >= 15 is 0 Å². The minimum absolute atomic E-state index is 0.0460. The number of nitrogens with zero attached hydrogens (tertiary/aromatic N) is 4. The molecule has 2 aliphatic heterocycles. The van der Waals surface area contributed by atoms with E-state index in [0.29, 0.717) is 24.6 Å². The largest absolute Gasteiger partial charge is 0.337 e. The molecule has 0 bridgehead atoms. The number of amides is 1. The van der Waals surface area contributed by atoms with E-state index in [1.54, 1.807) is 12.3 Å². The van der Waals surface area contributed by atoms with Crippen molar-refractivity contribution in [3.05, 3.63) is 18.0 Å². The van der Waals surface area contributed by atoms with Crippen LogP contribution >= 0.6 is 0 Å². The summed E-state index contributed by atoms with van der Waals surface area (Å²) in [5.74, 6) is 0.742. The van der Waals surface area contributed by atoms with Gasteiger partial charge in [-0.25, -0.2) is 18.4 Å². The van der Waals surface area contributed by atoms with Gasteiger partial charge in [0.05, 0.1) is 11.5 Å². The molecule has 0 saturated carbocycles. The van der Waals surface area contributed by atoms with E-state index in [4.69, 9.17) is 0 Å². The molecule has 8 heteroatoms. The maximum absolute atomic E-state index is 13.0. The first-order valence-electron chi connectivity index (χ1n) is 9.56. The number of rotatable bonds is 5. The van der Waals surface area contributed by atoms with Crippen molar-refractivity contribution >= 4 is 21.7 Å². The van der Waals surface area contributed by atoms with Crippen molar-refractivity contribution in [3.63, 3.8) is 0 Å². The van der Waals surface area contributed by atoms with E-state index in [2.05, 4.69) is 16.9 Å². The second kappa shape index (κ2) is 7.90. The predicted octanol–water partition coefficient (Wildman–Crippen LogP) is 1.89. The molecule has 1 aromatic heterocycles. The SMILES string of the molecule is CCC1CCCCN1C(=O)c1ccnc(N(CC)C2CCS(=O)(=O)C2)n1. The normalized spacial score (nSPS) is 25.2. The Bertz CT molecular complexity index is 753. The lowest BCUT2D eigenvalue weighted by molar-refractivity contribution is 0.0602. The van der Waals surface area contributed by atoms with Gasteiger partial charge in [0.25, 0.3) is 5.91 Å². The van der Waals surface area contributed by atoms with Gasteiger partial charge >= 0.3 is 0 Å². The first-order chi connectivity index (χ1) is 12.4. The highest BCUT2D eigenvalue weighted by Crippen LogP contribution is 2.24. The molecule has 2 unspecified atom stereocenters. The predicted molar refractivity (Wildman–Crippen MR) is 101 cm³/mol. The molecule has 2 atom stereocenters. The van der Waals surface area contributed by atoms with E-state index in [-0.39, 0.29) is 29.5 Å². The highest BCUT2D eigenvalue weighted by atomic mass is 32.2. The van der Waals surface area contributed by atoms with Gasteiger partial charge in [-0.05, 0) is 45.1 Å². The van der Waals surface area contributed by atoms with Crippen LogP contribution in [0, 0.1) is 0 Å². The Morgan fingerprint density at radius 2 is 2.12 bits per heavy atom. The summed E-state index contributed by atoms with van der Waals surface area (Å²) in [5.41, 5.74) is 0.398. The standard InChI is InChI=1S/C18H28N4O3S/c1-3-14-7-5-6-11-22(14)17(23)16-8-10-19-18(20-16)21(4-2)15-9-12-26(24,25)13-15/h8,10,14-15H,3-7,9,11-13H2,1-2H3. The number of hydrogen-bond donors (Lipinski definition) is 0. The van der Waals surface area contributed by atoms with Crippen molar-refractivity contribution < 1.29 is 13.2 Å². The highest BCUT2D eigenvalue weighted by Gasteiger charge is 2.33. The van der Waals surface area contributed by atoms with Crippen molar-refractivity contribution in [2.75, 3.05) is 29.5 Å². The molecule has 144 valence electrons. The van der Waals surface area contributed by atoms with Crippen LogP contribution in [0.5, 0.6) is 0 Å². The maximum atomic E-state index is 13.0. The summed E-state index contributed by atoms with van der Waals surface area (Å²) in [6.07, 6.45) is 6.37. The summed E-state index contributed by atoms with van der Waals surface area (Å²) in [4.78, 5) is 25.7. The van der Waals surface area contributed by atoms with Crippen LogP contribution in [-0.2, 0) is 9.84 Å². The third kappa shape index (κ3) is 4.00. The maximum Gasteiger partial charge on any atom is 0.272 e. The van der Waals surface area contributed by atoms with Crippen LogP contribution in [0.4, 0.5) is 5.95 Å². The van der Waals surface area contributed by atoms with E-state index in [9.17, 15) is 13.2 Å². The molecule has 0 N–H and O–H groups in total. The zero-order valence-corrected chi connectivity index (χ0v) is 16.4. The number of anilines is 1. The summed E-state index contributed by atoms with van der Waals surface area (Å²) in [5, 5.41) is 0. The number of carbonyl (C=O) groups excluding carboxylic acids is 1. The fourth-order valence-corrected chi connectivity index (χ4v) is 5.76. The summed E-state index contributed by atoms with van der Waals surface area (Å²) in [6.45, 7) is 5.45. The van der Waals surface area contributed by atoms with Gasteiger partial charge in [0.2, 0.25) is 5.95 Å². The van der Waals surface area contributed by atoms with Gasteiger partial charge in [-0.3, -0.25) is 4.79 Å². The van der Waals surface area contributed by atoms with Crippen LogP contribution in [0.25, 0.3) is 0 Å². The summed E-state index contributed by atoms with van der Waals surface area (Å²) in [6, 6.07) is 1.82. The highest BCUT2D eigenvalue weighted by molar-refractivity contribution is 7.91. The lowest BCUT2D eigenvalue weighted by Crippen LogP contribution is -2.44. The van der Waals surface area contributed by atoms with Gasteiger partial charge in [-0.15, -0.1) is 0 Å². The lowest BCUT2D eigenvalue weighted by atomic mass is 9.99. The molecular weight excluding hydrogens is 352 g/mol. The molecule has 2 aliphatic rings. The van der Waals surface area contributed by atoms with Crippen molar-refractivity contribution in [1.29, 1.82) is 0 Å². The molecule has 26 heavy (non-hydrogen) atoms. The molecule has 1 aromatic rings. The van der Waals surface area contributed by atoms with Crippen LogP contribution in [0.3, 0.4) is 0 Å². The first kappa shape index (κ1) is 19.1. The van der Waals surface area contributed by atoms with Gasteiger partial charge in [0, 0.05) is 31.4 Å². The Hall–Kier alpha value is -1.70. The molecule has 7 nitrogen and oxygen atoms in total. The number of sulfone groups is 1. The van der Waals surface area contributed by atoms with Crippen molar-refractivity contribution in [2.45, 2.75) is 58.0 Å². The van der Waals surface area contributed by atoms with Gasteiger partial charge in [0.15, 0.2) is 9.84 Å².